The van der Waals surface area contributed by atoms with Crippen molar-refractivity contribution in [1.82, 2.24) is 0 Å². The topological polar surface area (TPSA) is 193 Å². The van der Waals surface area contributed by atoms with Crippen LogP contribution >= 0.6 is 22.8 Å². The first-order valence-electron chi connectivity index (χ1n) is 5.34. The Bertz CT molecular complexity index is 420. The fourth-order valence-electron chi connectivity index (χ4n) is 1.86. The molecule has 122 valence electrons. The molecule has 20 heavy (non-hydrogen) atoms. The lowest BCUT2D eigenvalue weighted by Gasteiger charge is -2.40. The Morgan fingerprint density at radius 2 is 0.800 bits per heavy atom. The number of hydrogen-bond acceptors (Lipinski definition) is 4. The lowest BCUT2D eigenvalue weighted by atomic mass is 10.9. The summed E-state index contributed by atoms with van der Waals surface area (Å²) >= 11 is 0. The van der Waals surface area contributed by atoms with Gasteiger partial charge in [-0.15, -0.1) is 0 Å². The molecule has 3 unspecified atom stereocenters. The van der Waals surface area contributed by atoms with Gasteiger partial charge in [0.05, 0.1) is 15.8 Å². The Labute approximate surface area is 116 Å². The van der Waals surface area contributed by atoms with Gasteiger partial charge in [-0.2, -0.15) is 0 Å². The van der Waals surface area contributed by atoms with Crippen LogP contribution in [0.15, 0.2) is 0 Å². The normalized spacial score (nSPS) is 21.9. The Hall–Kier alpha value is 0.627. The Balaban J connectivity index is 6.16. The SMILES string of the molecule is CC([Si](O)(C(C)P(=O)(O)O)C(C)P(=O)(O)O)P(=O)(O)O. The van der Waals surface area contributed by atoms with Gasteiger partial charge in [-0.05, 0) is 0 Å². The van der Waals surface area contributed by atoms with Crippen LogP contribution in [0.2, 0.25) is 0 Å². The van der Waals surface area contributed by atoms with Crippen molar-refractivity contribution in [2.75, 3.05) is 0 Å². The van der Waals surface area contributed by atoms with Gasteiger partial charge in [0.15, 0.2) is 0 Å². The summed E-state index contributed by atoms with van der Waals surface area (Å²) in [5, 5.41) is -5.83. The molecule has 0 saturated heterocycles. The van der Waals surface area contributed by atoms with Crippen LogP contribution in [-0.2, 0) is 13.7 Å². The average molecular weight is 372 g/mol. The molecule has 0 fully saturated rings. The van der Waals surface area contributed by atoms with E-state index in [1.165, 1.54) is 0 Å². The Kier molecular flexibility index (Phi) is 6.21. The summed E-state index contributed by atoms with van der Waals surface area (Å²) in [7, 11) is -19.8. The maximum Gasteiger partial charge on any atom is 0.328 e. The second-order valence-electron chi connectivity index (χ2n) is 4.68. The minimum absolute atomic E-state index is 0.839. The molecule has 0 aromatic carbocycles. The van der Waals surface area contributed by atoms with Crippen LogP contribution in [0.5, 0.6) is 0 Å². The first-order chi connectivity index (χ1) is 8.46. The van der Waals surface area contributed by atoms with Crippen molar-refractivity contribution in [1.29, 1.82) is 0 Å². The molecule has 0 aliphatic heterocycles. The molecular weight excluding hydrogens is 353 g/mol. The third kappa shape index (κ3) is 4.31. The largest absolute Gasteiger partial charge is 0.429 e. The quantitative estimate of drug-likeness (QED) is 0.230. The van der Waals surface area contributed by atoms with E-state index in [0.717, 1.165) is 20.8 Å². The molecule has 14 heteroatoms. The fourth-order valence-corrected chi connectivity index (χ4v) is 15.5. The number of hydrogen-bond donors (Lipinski definition) is 7. The van der Waals surface area contributed by atoms with E-state index in [0.29, 0.717) is 0 Å². The molecule has 3 atom stereocenters. The Morgan fingerprint density at radius 3 is 0.900 bits per heavy atom. The van der Waals surface area contributed by atoms with Crippen LogP contribution in [0.25, 0.3) is 0 Å². The fraction of sp³-hybridized carbons (Fsp3) is 1.00. The van der Waals surface area contributed by atoms with Crippen molar-refractivity contribution in [3.63, 3.8) is 0 Å². The summed E-state index contributed by atoms with van der Waals surface area (Å²) in [5.41, 5.74) is 0. The van der Waals surface area contributed by atoms with Gasteiger partial charge in [-0.1, -0.05) is 20.8 Å². The van der Waals surface area contributed by atoms with Gasteiger partial charge in [-0.3, -0.25) is 13.7 Å². The molecule has 0 heterocycles. The molecule has 0 rings (SSSR count). The highest BCUT2D eigenvalue weighted by Crippen LogP contribution is 2.58. The van der Waals surface area contributed by atoms with Gasteiger partial charge in [0.1, 0.15) is 0 Å². The molecule has 0 aliphatic rings. The standard InChI is InChI=1S/C6H19O10P3Si/c1-4(17(7,8)9)20(16,5(2)18(10,11)12)6(3)19(13,14)15/h4-6,16H,1-3H3,(H2,7,8,9)(H2,10,11,12)(H2,13,14,15). The third-order valence-electron chi connectivity index (χ3n) is 3.52. The highest BCUT2D eigenvalue weighted by molar-refractivity contribution is 7.63. The van der Waals surface area contributed by atoms with Crippen LogP contribution in [0, 0.1) is 0 Å². The van der Waals surface area contributed by atoms with Crippen molar-refractivity contribution in [3.05, 3.63) is 0 Å². The highest BCUT2D eigenvalue weighted by Gasteiger charge is 2.62. The summed E-state index contributed by atoms with van der Waals surface area (Å²) in [4.78, 5) is 65.3. The zero-order valence-electron chi connectivity index (χ0n) is 10.9. The van der Waals surface area contributed by atoms with E-state index in [1.54, 1.807) is 0 Å². The molecule has 0 amide bonds. The minimum atomic E-state index is -5.00. The predicted octanol–water partition coefficient (Wildman–Crippen LogP) is -0.760. The van der Waals surface area contributed by atoms with Crippen LogP contribution in [0.4, 0.5) is 0 Å². The van der Waals surface area contributed by atoms with Gasteiger partial charge in [-0.25, -0.2) is 0 Å². The maximum atomic E-state index is 11.3. The molecule has 0 bridgehead atoms. The van der Waals surface area contributed by atoms with Gasteiger partial charge in [0.25, 0.3) is 0 Å². The molecular formula is C6H19O10P3Si. The number of rotatable bonds is 6. The molecule has 10 nitrogen and oxygen atoms in total. The van der Waals surface area contributed by atoms with Crippen molar-refractivity contribution in [2.45, 2.75) is 36.6 Å². The summed E-state index contributed by atoms with van der Waals surface area (Å²) in [6, 6.07) is 0. The molecule has 0 aliphatic carbocycles. The first-order valence-corrected chi connectivity index (χ1v) is 12.6. The molecule has 0 aromatic heterocycles. The second kappa shape index (κ2) is 6.02. The van der Waals surface area contributed by atoms with Crippen molar-refractivity contribution in [3.8, 4) is 0 Å². The van der Waals surface area contributed by atoms with E-state index in [9.17, 15) is 18.5 Å². The van der Waals surface area contributed by atoms with Gasteiger partial charge < -0.3 is 34.2 Å². The third-order valence-corrected chi connectivity index (χ3v) is 17.3. The summed E-state index contributed by atoms with van der Waals surface area (Å²) in [5.74, 6) is 0. The van der Waals surface area contributed by atoms with Crippen molar-refractivity contribution < 1.29 is 47.9 Å². The van der Waals surface area contributed by atoms with E-state index < -0.39 is 47.0 Å². The molecule has 0 saturated carbocycles. The second-order valence-corrected chi connectivity index (χ2v) is 16.4. The van der Waals surface area contributed by atoms with E-state index in [-0.39, 0.29) is 0 Å². The van der Waals surface area contributed by atoms with E-state index in [2.05, 4.69) is 0 Å². The molecule has 0 spiro atoms. The van der Waals surface area contributed by atoms with E-state index in [4.69, 9.17) is 29.4 Å². The first kappa shape index (κ1) is 20.6. The van der Waals surface area contributed by atoms with Gasteiger partial charge >= 0.3 is 22.8 Å². The molecule has 0 radical (unpaired) electrons. The lowest BCUT2D eigenvalue weighted by molar-refractivity contribution is 0.349. The molecule has 0 aromatic rings. The van der Waals surface area contributed by atoms with Gasteiger partial charge in [0, 0.05) is 0 Å². The summed E-state index contributed by atoms with van der Waals surface area (Å²) in [6.45, 7) is 2.52. The zero-order valence-corrected chi connectivity index (χ0v) is 14.6. The van der Waals surface area contributed by atoms with Crippen LogP contribution < -0.4 is 0 Å². The maximum absolute atomic E-state index is 11.3. The van der Waals surface area contributed by atoms with E-state index in [1.807, 2.05) is 0 Å². The minimum Gasteiger partial charge on any atom is -0.429 e. The highest BCUT2D eigenvalue weighted by atomic mass is 31.2. The summed E-state index contributed by atoms with van der Waals surface area (Å²) in [6.07, 6.45) is 0. The van der Waals surface area contributed by atoms with Crippen LogP contribution in [0.3, 0.4) is 0 Å². The van der Waals surface area contributed by atoms with E-state index >= 15 is 0 Å². The van der Waals surface area contributed by atoms with Gasteiger partial charge in [0.2, 0.25) is 8.32 Å². The van der Waals surface area contributed by atoms with Crippen molar-refractivity contribution >= 4 is 31.1 Å². The molecule has 7 N–H and O–H groups in total. The van der Waals surface area contributed by atoms with Crippen LogP contribution in [-0.4, -0.2) is 58.3 Å². The zero-order chi connectivity index (χ0) is 16.7. The smallest absolute Gasteiger partial charge is 0.328 e. The summed E-state index contributed by atoms with van der Waals surface area (Å²) < 4.78 is 33.9. The van der Waals surface area contributed by atoms with Crippen molar-refractivity contribution in [2.24, 2.45) is 0 Å². The predicted molar refractivity (Wildman–Crippen MR) is 72.5 cm³/mol. The average Bonchev–Trinajstić information content (AvgIpc) is 2.21. The lowest BCUT2D eigenvalue weighted by Crippen LogP contribution is -2.63. The monoisotopic (exact) mass is 372 g/mol. The Morgan fingerprint density at radius 1 is 0.650 bits per heavy atom. The van der Waals surface area contributed by atoms with Crippen LogP contribution in [0.1, 0.15) is 20.8 Å².